The normalized spacial score (nSPS) is 10.9. The van der Waals surface area contributed by atoms with E-state index in [1.54, 1.807) is 12.4 Å². The number of aromatic nitrogens is 3. The Morgan fingerprint density at radius 2 is 2.12 bits per heavy atom. The van der Waals surface area contributed by atoms with Crippen LogP contribution in [0.25, 0.3) is 22.4 Å². The average molecular weight is 309 g/mol. The summed E-state index contributed by atoms with van der Waals surface area (Å²) in [6, 6.07) is 7.55. The number of rotatable bonds is 1. The number of aromatic amines is 1. The second-order valence-electron chi connectivity index (χ2n) is 3.64. The number of halogens is 2. The molecular formula is C12H7BrClN3. The number of pyridine rings is 1. The van der Waals surface area contributed by atoms with Crippen LogP contribution in [0.4, 0.5) is 0 Å². The topological polar surface area (TPSA) is 41.6 Å². The Morgan fingerprint density at radius 3 is 2.88 bits per heavy atom. The third kappa shape index (κ3) is 2.06. The van der Waals surface area contributed by atoms with E-state index in [0.29, 0.717) is 5.02 Å². The van der Waals surface area contributed by atoms with E-state index in [2.05, 4.69) is 30.9 Å². The molecule has 0 saturated carbocycles. The van der Waals surface area contributed by atoms with Crippen molar-refractivity contribution in [3.05, 3.63) is 46.2 Å². The lowest BCUT2D eigenvalue weighted by molar-refractivity contribution is 1.32. The van der Waals surface area contributed by atoms with Crippen molar-refractivity contribution in [3.63, 3.8) is 0 Å². The Bertz CT molecular complexity index is 640. The van der Waals surface area contributed by atoms with Crippen molar-refractivity contribution in [1.29, 1.82) is 0 Å². The molecule has 0 saturated heterocycles. The molecule has 5 heteroatoms. The molecule has 1 N–H and O–H groups in total. The van der Waals surface area contributed by atoms with Crippen LogP contribution in [0.5, 0.6) is 0 Å². The van der Waals surface area contributed by atoms with Crippen LogP contribution in [-0.4, -0.2) is 15.0 Å². The van der Waals surface area contributed by atoms with E-state index in [9.17, 15) is 0 Å². The summed E-state index contributed by atoms with van der Waals surface area (Å²) in [4.78, 5) is 11.8. The van der Waals surface area contributed by atoms with Gasteiger partial charge in [-0.3, -0.25) is 4.98 Å². The number of nitrogens with zero attached hydrogens (tertiary/aromatic N) is 2. The first-order valence-electron chi connectivity index (χ1n) is 4.98. The second-order valence-corrected chi connectivity index (χ2v) is 4.99. The molecule has 2 heterocycles. The largest absolute Gasteiger partial charge is 0.337 e. The zero-order valence-electron chi connectivity index (χ0n) is 8.61. The van der Waals surface area contributed by atoms with Crippen LogP contribution in [0.15, 0.2) is 41.1 Å². The molecule has 3 aromatic rings. The van der Waals surface area contributed by atoms with Gasteiger partial charge in [0.25, 0.3) is 0 Å². The van der Waals surface area contributed by atoms with Gasteiger partial charge in [-0.25, -0.2) is 4.98 Å². The van der Waals surface area contributed by atoms with Gasteiger partial charge in [0, 0.05) is 21.3 Å². The summed E-state index contributed by atoms with van der Waals surface area (Å²) in [6.07, 6.45) is 3.48. The van der Waals surface area contributed by atoms with Crippen molar-refractivity contribution in [3.8, 4) is 11.4 Å². The minimum atomic E-state index is 0.674. The molecule has 0 aliphatic carbocycles. The molecule has 17 heavy (non-hydrogen) atoms. The standard InChI is InChI=1S/C12H7BrClN3/c13-8-3-7(4-9(14)5-8)12-16-10-1-2-15-6-11(10)17-12/h1-6H,(H,16,17). The predicted molar refractivity (Wildman–Crippen MR) is 72.0 cm³/mol. The SMILES string of the molecule is Clc1cc(Br)cc(-c2nc3ccncc3[nH]2)c1. The van der Waals surface area contributed by atoms with E-state index in [-0.39, 0.29) is 0 Å². The number of hydrogen-bond donors (Lipinski definition) is 1. The highest BCUT2D eigenvalue weighted by atomic mass is 79.9. The summed E-state index contributed by atoms with van der Waals surface area (Å²) in [5, 5.41) is 0.674. The molecule has 0 aliphatic rings. The van der Waals surface area contributed by atoms with Gasteiger partial charge in [-0.15, -0.1) is 0 Å². The first-order valence-corrected chi connectivity index (χ1v) is 6.16. The molecular weight excluding hydrogens is 302 g/mol. The quantitative estimate of drug-likeness (QED) is 0.737. The average Bonchev–Trinajstić information content (AvgIpc) is 2.71. The van der Waals surface area contributed by atoms with Gasteiger partial charge in [0.2, 0.25) is 0 Å². The monoisotopic (exact) mass is 307 g/mol. The molecule has 2 aromatic heterocycles. The fraction of sp³-hybridized carbons (Fsp3) is 0. The predicted octanol–water partition coefficient (Wildman–Crippen LogP) is 4.04. The molecule has 1 aromatic carbocycles. The Hall–Kier alpha value is -1.39. The van der Waals surface area contributed by atoms with Crippen molar-refractivity contribution >= 4 is 38.6 Å². The highest BCUT2D eigenvalue weighted by molar-refractivity contribution is 9.10. The number of nitrogens with one attached hydrogen (secondary N) is 1. The lowest BCUT2D eigenvalue weighted by Gasteiger charge is -1.99. The van der Waals surface area contributed by atoms with Gasteiger partial charge < -0.3 is 4.98 Å². The van der Waals surface area contributed by atoms with E-state index >= 15 is 0 Å². The van der Waals surface area contributed by atoms with Crippen molar-refractivity contribution in [2.45, 2.75) is 0 Å². The van der Waals surface area contributed by atoms with Crippen molar-refractivity contribution < 1.29 is 0 Å². The number of H-pyrrole nitrogens is 1. The Morgan fingerprint density at radius 1 is 1.24 bits per heavy atom. The van der Waals surface area contributed by atoms with E-state index in [0.717, 1.165) is 26.9 Å². The van der Waals surface area contributed by atoms with Gasteiger partial charge in [0.05, 0.1) is 17.2 Å². The molecule has 0 atom stereocenters. The van der Waals surface area contributed by atoms with Gasteiger partial charge in [-0.2, -0.15) is 0 Å². The summed E-state index contributed by atoms with van der Waals surface area (Å²) in [5.74, 6) is 0.788. The molecule has 0 unspecified atom stereocenters. The molecule has 0 aliphatic heterocycles. The lowest BCUT2D eigenvalue weighted by Crippen LogP contribution is -1.80. The first kappa shape index (κ1) is 10.7. The smallest absolute Gasteiger partial charge is 0.138 e. The first-order chi connectivity index (χ1) is 8.22. The van der Waals surface area contributed by atoms with Crippen LogP contribution >= 0.6 is 27.5 Å². The molecule has 3 nitrogen and oxygen atoms in total. The van der Waals surface area contributed by atoms with E-state index < -0.39 is 0 Å². The number of imidazole rings is 1. The molecule has 0 fully saturated rings. The Kier molecular flexibility index (Phi) is 2.61. The number of hydrogen-bond acceptors (Lipinski definition) is 2. The van der Waals surface area contributed by atoms with Crippen molar-refractivity contribution in [2.24, 2.45) is 0 Å². The van der Waals surface area contributed by atoms with Gasteiger partial charge in [-0.05, 0) is 24.3 Å². The van der Waals surface area contributed by atoms with Gasteiger partial charge in [-0.1, -0.05) is 27.5 Å². The van der Waals surface area contributed by atoms with Crippen LogP contribution in [0, 0.1) is 0 Å². The van der Waals surface area contributed by atoms with Crippen LogP contribution < -0.4 is 0 Å². The van der Waals surface area contributed by atoms with E-state index in [1.807, 2.05) is 24.3 Å². The highest BCUT2D eigenvalue weighted by Crippen LogP contribution is 2.26. The number of fused-ring (bicyclic) bond motifs is 1. The van der Waals surface area contributed by atoms with Gasteiger partial charge in [0.15, 0.2) is 0 Å². The summed E-state index contributed by atoms with van der Waals surface area (Å²) in [7, 11) is 0. The lowest BCUT2D eigenvalue weighted by atomic mass is 10.2. The van der Waals surface area contributed by atoms with E-state index in [1.165, 1.54) is 0 Å². The molecule has 0 bridgehead atoms. The Balaban J connectivity index is 2.20. The molecule has 84 valence electrons. The maximum Gasteiger partial charge on any atom is 0.138 e. The van der Waals surface area contributed by atoms with Crippen LogP contribution in [0.2, 0.25) is 5.02 Å². The fourth-order valence-corrected chi connectivity index (χ4v) is 2.54. The Labute approximate surface area is 111 Å². The maximum atomic E-state index is 6.01. The zero-order valence-corrected chi connectivity index (χ0v) is 11.0. The minimum Gasteiger partial charge on any atom is -0.337 e. The van der Waals surface area contributed by atoms with Gasteiger partial charge in [0.1, 0.15) is 5.82 Å². The summed E-state index contributed by atoms with van der Waals surface area (Å²) < 4.78 is 0.929. The van der Waals surface area contributed by atoms with Crippen molar-refractivity contribution in [2.75, 3.05) is 0 Å². The summed E-state index contributed by atoms with van der Waals surface area (Å²) in [5.41, 5.74) is 2.75. The van der Waals surface area contributed by atoms with Crippen LogP contribution in [-0.2, 0) is 0 Å². The third-order valence-electron chi connectivity index (χ3n) is 2.42. The summed E-state index contributed by atoms with van der Waals surface area (Å²) in [6.45, 7) is 0. The highest BCUT2D eigenvalue weighted by Gasteiger charge is 2.06. The third-order valence-corrected chi connectivity index (χ3v) is 3.10. The fourth-order valence-electron chi connectivity index (χ4n) is 1.68. The van der Waals surface area contributed by atoms with Gasteiger partial charge >= 0.3 is 0 Å². The maximum absolute atomic E-state index is 6.01. The molecule has 0 spiro atoms. The molecule has 3 rings (SSSR count). The van der Waals surface area contributed by atoms with Crippen LogP contribution in [0.1, 0.15) is 0 Å². The summed E-state index contributed by atoms with van der Waals surface area (Å²) >= 11 is 9.43. The zero-order chi connectivity index (χ0) is 11.8. The van der Waals surface area contributed by atoms with Crippen LogP contribution in [0.3, 0.4) is 0 Å². The van der Waals surface area contributed by atoms with Crippen molar-refractivity contribution in [1.82, 2.24) is 15.0 Å². The van der Waals surface area contributed by atoms with E-state index in [4.69, 9.17) is 11.6 Å². The number of benzene rings is 1. The molecule has 0 radical (unpaired) electrons. The minimum absolute atomic E-state index is 0.674. The second kappa shape index (κ2) is 4.13. The molecule has 0 amide bonds.